The van der Waals surface area contributed by atoms with Crippen molar-refractivity contribution in [2.45, 2.75) is 17.7 Å². The topological polar surface area (TPSA) is 83.7 Å². The summed E-state index contributed by atoms with van der Waals surface area (Å²) in [6, 6.07) is 6.11. The van der Waals surface area contributed by atoms with Crippen molar-refractivity contribution in [1.82, 2.24) is 9.21 Å². The number of carbonyl (C=O) groups is 1. The standard InChI is InChI=1S/C14H20ClN3O3S/c15-12-3-5-13(6-4-12)22(20,21)18-10-8-17(9-11-18)14(19)2-1-7-16/h3-6H,1-2,7-11,16H2. The fourth-order valence-corrected chi connectivity index (χ4v) is 3.89. The lowest BCUT2D eigenvalue weighted by atomic mass is 10.2. The molecule has 8 heteroatoms. The Kier molecular flexibility index (Phi) is 5.80. The number of piperazine rings is 1. The molecule has 0 bridgehead atoms. The van der Waals surface area contributed by atoms with Crippen molar-refractivity contribution in [3.8, 4) is 0 Å². The van der Waals surface area contributed by atoms with Gasteiger partial charge in [0.1, 0.15) is 0 Å². The zero-order chi connectivity index (χ0) is 16.2. The van der Waals surface area contributed by atoms with Gasteiger partial charge in [0, 0.05) is 37.6 Å². The van der Waals surface area contributed by atoms with E-state index in [1.165, 1.54) is 16.4 Å². The summed E-state index contributed by atoms with van der Waals surface area (Å²) in [5.41, 5.74) is 5.39. The van der Waals surface area contributed by atoms with E-state index in [-0.39, 0.29) is 10.8 Å². The Morgan fingerprint density at radius 1 is 1.14 bits per heavy atom. The molecule has 122 valence electrons. The first-order valence-electron chi connectivity index (χ1n) is 7.18. The molecule has 1 aromatic rings. The maximum Gasteiger partial charge on any atom is 0.243 e. The average molecular weight is 346 g/mol. The molecule has 1 aromatic carbocycles. The number of benzene rings is 1. The van der Waals surface area contributed by atoms with Crippen molar-refractivity contribution in [3.63, 3.8) is 0 Å². The predicted molar refractivity (Wildman–Crippen MR) is 85.1 cm³/mol. The number of hydrogen-bond acceptors (Lipinski definition) is 4. The van der Waals surface area contributed by atoms with Crippen LogP contribution in [0.3, 0.4) is 0 Å². The second kappa shape index (κ2) is 7.41. The largest absolute Gasteiger partial charge is 0.340 e. The van der Waals surface area contributed by atoms with Crippen LogP contribution < -0.4 is 5.73 Å². The zero-order valence-corrected chi connectivity index (χ0v) is 13.8. The van der Waals surface area contributed by atoms with Crippen LogP contribution in [0.4, 0.5) is 0 Å². The molecule has 2 rings (SSSR count). The summed E-state index contributed by atoms with van der Waals surface area (Å²) >= 11 is 5.78. The molecule has 0 aliphatic carbocycles. The van der Waals surface area contributed by atoms with Gasteiger partial charge in [0.2, 0.25) is 15.9 Å². The van der Waals surface area contributed by atoms with Crippen LogP contribution in [0.15, 0.2) is 29.2 Å². The molecule has 0 spiro atoms. The number of sulfonamides is 1. The fraction of sp³-hybridized carbons (Fsp3) is 0.500. The molecule has 1 aliphatic heterocycles. The van der Waals surface area contributed by atoms with Gasteiger partial charge in [-0.05, 0) is 37.2 Å². The first kappa shape index (κ1) is 17.2. The molecule has 1 fully saturated rings. The lowest BCUT2D eigenvalue weighted by molar-refractivity contribution is -0.132. The molecule has 1 saturated heterocycles. The third-order valence-corrected chi connectivity index (χ3v) is 5.80. The number of amides is 1. The highest BCUT2D eigenvalue weighted by atomic mass is 35.5. The van der Waals surface area contributed by atoms with Gasteiger partial charge in [0.15, 0.2) is 0 Å². The zero-order valence-electron chi connectivity index (χ0n) is 12.2. The summed E-state index contributed by atoms with van der Waals surface area (Å²) in [7, 11) is -3.53. The van der Waals surface area contributed by atoms with Gasteiger partial charge in [-0.3, -0.25) is 4.79 Å². The Labute approximate surface area is 135 Å². The second-order valence-corrected chi connectivity index (χ2v) is 7.51. The fourth-order valence-electron chi connectivity index (χ4n) is 2.34. The Balaban J connectivity index is 1.98. The maximum atomic E-state index is 12.5. The number of hydrogen-bond donors (Lipinski definition) is 1. The van der Waals surface area contributed by atoms with E-state index in [4.69, 9.17) is 17.3 Å². The van der Waals surface area contributed by atoms with Crippen LogP contribution in [0.5, 0.6) is 0 Å². The van der Waals surface area contributed by atoms with Crippen molar-refractivity contribution >= 4 is 27.5 Å². The molecular weight excluding hydrogens is 326 g/mol. The third kappa shape index (κ3) is 3.98. The monoisotopic (exact) mass is 345 g/mol. The smallest absolute Gasteiger partial charge is 0.243 e. The van der Waals surface area contributed by atoms with E-state index in [0.29, 0.717) is 50.6 Å². The molecule has 2 N–H and O–H groups in total. The molecule has 22 heavy (non-hydrogen) atoms. The van der Waals surface area contributed by atoms with Crippen LogP contribution in [-0.4, -0.2) is 56.3 Å². The van der Waals surface area contributed by atoms with E-state index in [1.54, 1.807) is 17.0 Å². The van der Waals surface area contributed by atoms with Gasteiger partial charge in [-0.1, -0.05) is 11.6 Å². The number of carbonyl (C=O) groups excluding carboxylic acids is 1. The lowest BCUT2D eigenvalue weighted by Crippen LogP contribution is -2.50. The van der Waals surface area contributed by atoms with Gasteiger partial charge < -0.3 is 10.6 Å². The van der Waals surface area contributed by atoms with Crippen LogP contribution in [0.2, 0.25) is 5.02 Å². The number of rotatable bonds is 5. The number of nitrogens with two attached hydrogens (primary N) is 1. The Morgan fingerprint density at radius 2 is 1.73 bits per heavy atom. The van der Waals surface area contributed by atoms with E-state index in [9.17, 15) is 13.2 Å². The molecule has 1 aliphatic rings. The highest BCUT2D eigenvalue weighted by molar-refractivity contribution is 7.89. The normalized spacial score (nSPS) is 16.7. The van der Waals surface area contributed by atoms with E-state index in [1.807, 2.05) is 0 Å². The molecular formula is C14H20ClN3O3S. The van der Waals surface area contributed by atoms with E-state index < -0.39 is 10.0 Å². The summed E-state index contributed by atoms with van der Waals surface area (Å²) < 4.78 is 26.4. The summed E-state index contributed by atoms with van der Waals surface area (Å²) in [5, 5.41) is 0.495. The summed E-state index contributed by atoms with van der Waals surface area (Å²) in [5.74, 6) is 0.0361. The molecule has 1 amide bonds. The highest BCUT2D eigenvalue weighted by Crippen LogP contribution is 2.20. The van der Waals surface area contributed by atoms with Crippen molar-refractivity contribution in [3.05, 3.63) is 29.3 Å². The SMILES string of the molecule is NCCCC(=O)N1CCN(S(=O)(=O)c2ccc(Cl)cc2)CC1. The van der Waals surface area contributed by atoms with Gasteiger partial charge in [-0.25, -0.2) is 8.42 Å². The summed E-state index contributed by atoms with van der Waals surface area (Å²) in [6.45, 7) is 1.92. The van der Waals surface area contributed by atoms with Crippen molar-refractivity contribution in [2.24, 2.45) is 5.73 Å². The van der Waals surface area contributed by atoms with Gasteiger partial charge in [-0.2, -0.15) is 4.31 Å². The molecule has 0 unspecified atom stereocenters. The third-order valence-electron chi connectivity index (χ3n) is 3.64. The van der Waals surface area contributed by atoms with Gasteiger partial charge in [0.05, 0.1) is 4.90 Å². The maximum absolute atomic E-state index is 12.5. The minimum atomic E-state index is -3.53. The van der Waals surface area contributed by atoms with Crippen molar-refractivity contribution in [1.29, 1.82) is 0 Å². The van der Waals surface area contributed by atoms with E-state index in [0.717, 1.165) is 0 Å². The van der Waals surface area contributed by atoms with Crippen LogP contribution >= 0.6 is 11.6 Å². The molecule has 6 nitrogen and oxygen atoms in total. The second-order valence-electron chi connectivity index (χ2n) is 5.13. The molecule has 0 atom stereocenters. The van der Waals surface area contributed by atoms with Crippen molar-refractivity contribution in [2.75, 3.05) is 32.7 Å². The number of halogens is 1. The molecule has 0 radical (unpaired) electrons. The first-order valence-corrected chi connectivity index (χ1v) is 9.00. The highest BCUT2D eigenvalue weighted by Gasteiger charge is 2.29. The summed E-state index contributed by atoms with van der Waals surface area (Å²) in [4.78, 5) is 13.8. The quantitative estimate of drug-likeness (QED) is 0.859. The van der Waals surface area contributed by atoms with Crippen molar-refractivity contribution < 1.29 is 13.2 Å². The average Bonchev–Trinajstić information content (AvgIpc) is 2.53. The Bertz CT molecular complexity index is 611. The predicted octanol–water partition coefficient (Wildman–Crippen LogP) is 0.912. The van der Waals surface area contributed by atoms with Crippen LogP contribution in [0, 0.1) is 0 Å². The van der Waals surface area contributed by atoms with E-state index >= 15 is 0 Å². The van der Waals surface area contributed by atoms with Crippen LogP contribution in [-0.2, 0) is 14.8 Å². The van der Waals surface area contributed by atoms with Crippen LogP contribution in [0.1, 0.15) is 12.8 Å². The summed E-state index contributed by atoms with van der Waals surface area (Å²) in [6.07, 6.45) is 1.07. The lowest BCUT2D eigenvalue weighted by Gasteiger charge is -2.34. The molecule has 0 saturated carbocycles. The van der Waals surface area contributed by atoms with Gasteiger partial charge >= 0.3 is 0 Å². The minimum Gasteiger partial charge on any atom is -0.340 e. The van der Waals surface area contributed by atoms with Gasteiger partial charge in [-0.15, -0.1) is 0 Å². The Morgan fingerprint density at radius 3 is 2.27 bits per heavy atom. The first-order chi connectivity index (χ1) is 10.4. The van der Waals surface area contributed by atoms with Gasteiger partial charge in [0.25, 0.3) is 0 Å². The number of nitrogens with zero attached hydrogens (tertiary/aromatic N) is 2. The Hall–Kier alpha value is -1.15. The minimum absolute atomic E-state index is 0.0361. The van der Waals surface area contributed by atoms with Crippen LogP contribution in [0.25, 0.3) is 0 Å². The molecule has 1 heterocycles. The van der Waals surface area contributed by atoms with E-state index in [2.05, 4.69) is 0 Å². The molecule has 0 aromatic heterocycles.